The Balaban J connectivity index is 2.20. The predicted molar refractivity (Wildman–Crippen MR) is 66.9 cm³/mol. The van der Waals surface area contributed by atoms with E-state index in [0.29, 0.717) is 16.8 Å². The average molecular weight is 254 g/mol. The Morgan fingerprint density at radius 1 is 1.21 bits per heavy atom. The third-order valence-corrected chi connectivity index (χ3v) is 3.04. The molecule has 6 nitrogen and oxygen atoms in total. The molecule has 0 unspecified atom stereocenters. The molecule has 0 saturated carbocycles. The maximum absolute atomic E-state index is 12.2. The summed E-state index contributed by atoms with van der Waals surface area (Å²) in [5.74, 6) is -1.25. The number of ketones is 2. The lowest BCUT2D eigenvalue weighted by Gasteiger charge is -2.05. The van der Waals surface area contributed by atoms with Gasteiger partial charge in [0.25, 0.3) is 0 Å². The lowest BCUT2D eigenvalue weighted by atomic mass is 9.99. The predicted octanol–water partition coefficient (Wildman–Crippen LogP) is 0.932. The lowest BCUT2D eigenvalue weighted by Crippen LogP contribution is -2.24. The number of benzene rings is 1. The molecule has 94 valence electrons. The Hall–Kier alpha value is -2.63. The molecule has 1 atom stereocenters. The Kier molecular flexibility index (Phi) is 2.56. The van der Waals surface area contributed by atoms with Crippen LogP contribution in [0.3, 0.4) is 0 Å². The summed E-state index contributed by atoms with van der Waals surface area (Å²) in [6.45, 7) is 1.40. The van der Waals surface area contributed by atoms with Crippen molar-refractivity contribution in [2.45, 2.75) is 6.92 Å². The zero-order valence-corrected chi connectivity index (χ0v) is 10.1. The van der Waals surface area contributed by atoms with Crippen LogP contribution in [0.5, 0.6) is 0 Å². The summed E-state index contributed by atoms with van der Waals surface area (Å²) in [5, 5.41) is 11.6. The van der Waals surface area contributed by atoms with E-state index in [1.807, 2.05) is 6.07 Å². The van der Waals surface area contributed by atoms with E-state index in [1.54, 1.807) is 18.2 Å². The standard InChI is InChI=1S/C13H10N4O2/c1-8(18)11-12(16-17-6-14-15-7-17)9-4-2-3-5-10(9)13(11)19/h2-7,11H,1H3/b16-12-/t11-/m0/s1. The third-order valence-electron chi connectivity index (χ3n) is 3.04. The molecule has 0 radical (unpaired) electrons. The maximum Gasteiger partial charge on any atom is 0.180 e. The molecule has 1 aromatic heterocycles. The molecule has 1 aliphatic rings. The summed E-state index contributed by atoms with van der Waals surface area (Å²) in [6, 6.07) is 7.09. The van der Waals surface area contributed by atoms with Crippen LogP contribution in [0, 0.1) is 5.92 Å². The minimum absolute atomic E-state index is 0.199. The number of aromatic nitrogens is 3. The smallest absolute Gasteiger partial charge is 0.180 e. The van der Waals surface area contributed by atoms with Crippen molar-refractivity contribution in [3.63, 3.8) is 0 Å². The minimum atomic E-state index is -0.834. The van der Waals surface area contributed by atoms with Gasteiger partial charge in [0.1, 0.15) is 24.4 Å². The van der Waals surface area contributed by atoms with Crippen LogP contribution in [0.4, 0.5) is 0 Å². The highest BCUT2D eigenvalue weighted by atomic mass is 16.2. The molecule has 1 aliphatic carbocycles. The van der Waals surface area contributed by atoms with Crippen LogP contribution in [0.1, 0.15) is 22.8 Å². The monoisotopic (exact) mass is 254 g/mol. The van der Waals surface area contributed by atoms with Gasteiger partial charge in [-0.3, -0.25) is 9.59 Å². The number of carbonyl (C=O) groups is 2. The van der Waals surface area contributed by atoms with E-state index in [1.165, 1.54) is 24.3 Å². The van der Waals surface area contributed by atoms with E-state index in [4.69, 9.17) is 0 Å². The quantitative estimate of drug-likeness (QED) is 0.747. The molecule has 19 heavy (non-hydrogen) atoms. The molecule has 0 fully saturated rings. The molecular weight excluding hydrogens is 244 g/mol. The minimum Gasteiger partial charge on any atom is -0.299 e. The van der Waals surface area contributed by atoms with Gasteiger partial charge in [0.05, 0.1) is 5.71 Å². The van der Waals surface area contributed by atoms with Crippen molar-refractivity contribution in [2.24, 2.45) is 11.0 Å². The largest absolute Gasteiger partial charge is 0.299 e. The number of nitrogens with zero attached hydrogens (tertiary/aromatic N) is 4. The van der Waals surface area contributed by atoms with Crippen molar-refractivity contribution < 1.29 is 9.59 Å². The number of Topliss-reactive ketones (excluding diaryl/α,β-unsaturated/α-hetero) is 2. The number of fused-ring (bicyclic) bond motifs is 1. The first-order valence-electron chi connectivity index (χ1n) is 5.76. The Morgan fingerprint density at radius 2 is 1.84 bits per heavy atom. The van der Waals surface area contributed by atoms with Crippen LogP contribution < -0.4 is 0 Å². The van der Waals surface area contributed by atoms with Crippen LogP contribution in [0.25, 0.3) is 0 Å². The van der Waals surface area contributed by atoms with Crippen molar-refractivity contribution in [1.29, 1.82) is 0 Å². The number of rotatable bonds is 2. The zero-order chi connectivity index (χ0) is 13.4. The first kappa shape index (κ1) is 11.5. The van der Waals surface area contributed by atoms with Crippen LogP contribution in [-0.2, 0) is 4.79 Å². The molecule has 0 spiro atoms. The Labute approximate surface area is 108 Å². The van der Waals surface area contributed by atoms with Crippen LogP contribution >= 0.6 is 0 Å². The zero-order valence-electron chi connectivity index (χ0n) is 10.1. The van der Waals surface area contributed by atoms with E-state index in [-0.39, 0.29) is 11.6 Å². The normalized spacial score (nSPS) is 19.7. The Bertz CT molecular complexity index is 688. The van der Waals surface area contributed by atoms with Gasteiger partial charge in [-0.2, -0.15) is 5.10 Å². The molecule has 0 amide bonds. The summed E-state index contributed by atoms with van der Waals surface area (Å²) >= 11 is 0. The van der Waals surface area contributed by atoms with Crippen LogP contribution in [-0.4, -0.2) is 32.2 Å². The highest BCUT2D eigenvalue weighted by Gasteiger charge is 2.39. The highest BCUT2D eigenvalue weighted by molar-refractivity contribution is 6.36. The van der Waals surface area contributed by atoms with Crippen LogP contribution in [0.2, 0.25) is 0 Å². The van der Waals surface area contributed by atoms with Crippen molar-refractivity contribution in [3.8, 4) is 0 Å². The fourth-order valence-corrected chi connectivity index (χ4v) is 2.22. The van der Waals surface area contributed by atoms with E-state index in [2.05, 4.69) is 15.3 Å². The summed E-state index contributed by atoms with van der Waals surface area (Å²) in [5.41, 5.74) is 1.68. The molecule has 6 heteroatoms. The van der Waals surface area contributed by atoms with Crippen molar-refractivity contribution in [3.05, 3.63) is 48.0 Å². The van der Waals surface area contributed by atoms with Gasteiger partial charge in [-0.25, -0.2) is 4.68 Å². The molecule has 0 saturated heterocycles. The number of hydrogen-bond donors (Lipinski definition) is 0. The van der Waals surface area contributed by atoms with Gasteiger partial charge >= 0.3 is 0 Å². The van der Waals surface area contributed by atoms with Crippen LogP contribution in [0.15, 0.2) is 42.0 Å². The second-order valence-electron chi connectivity index (χ2n) is 4.28. The first-order chi connectivity index (χ1) is 9.18. The van der Waals surface area contributed by atoms with Gasteiger partial charge in [-0.15, -0.1) is 10.2 Å². The van der Waals surface area contributed by atoms with Gasteiger partial charge < -0.3 is 0 Å². The molecule has 1 aromatic carbocycles. The number of hydrogen-bond acceptors (Lipinski definition) is 5. The molecule has 1 heterocycles. The first-order valence-corrected chi connectivity index (χ1v) is 5.76. The van der Waals surface area contributed by atoms with Gasteiger partial charge in [0.2, 0.25) is 0 Å². The molecule has 0 bridgehead atoms. The van der Waals surface area contributed by atoms with E-state index in [9.17, 15) is 9.59 Å². The SMILES string of the molecule is CC(=O)[C@@H]1C(=O)c2ccccc2/C1=N/n1cnnc1. The lowest BCUT2D eigenvalue weighted by molar-refractivity contribution is -0.117. The van der Waals surface area contributed by atoms with Crippen molar-refractivity contribution in [1.82, 2.24) is 14.9 Å². The van der Waals surface area contributed by atoms with E-state index >= 15 is 0 Å². The highest BCUT2D eigenvalue weighted by Crippen LogP contribution is 2.28. The maximum atomic E-state index is 12.2. The fourth-order valence-electron chi connectivity index (χ4n) is 2.22. The topological polar surface area (TPSA) is 77.2 Å². The second kappa shape index (κ2) is 4.24. The van der Waals surface area contributed by atoms with Gasteiger partial charge in [-0.05, 0) is 6.92 Å². The summed E-state index contributed by atoms with van der Waals surface area (Å²) in [6.07, 6.45) is 2.82. The van der Waals surface area contributed by atoms with E-state index < -0.39 is 5.92 Å². The molecule has 2 aromatic rings. The van der Waals surface area contributed by atoms with E-state index in [0.717, 1.165) is 0 Å². The molecule has 0 aliphatic heterocycles. The van der Waals surface area contributed by atoms with Gasteiger partial charge in [-0.1, -0.05) is 24.3 Å². The molecule has 3 rings (SSSR count). The third kappa shape index (κ3) is 1.77. The Morgan fingerprint density at radius 3 is 2.47 bits per heavy atom. The average Bonchev–Trinajstić information content (AvgIpc) is 2.98. The molecular formula is C13H10N4O2. The fraction of sp³-hybridized carbons (Fsp3) is 0.154. The van der Waals surface area contributed by atoms with Gasteiger partial charge in [0.15, 0.2) is 5.78 Å². The summed E-state index contributed by atoms with van der Waals surface area (Å²) < 4.78 is 1.39. The van der Waals surface area contributed by atoms with Gasteiger partial charge in [0, 0.05) is 11.1 Å². The molecule has 0 N–H and O–H groups in total. The number of carbonyl (C=O) groups excluding carboxylic acids is 2. The van der Waals surface area contributed by atoms with Crippen molar-refractivity contribution >= 4 is 17.3 Å². The summed E-state index contributed by atoms with van der Waals surface area (Å²) in [7, 11) is 0. The summed E-state index contributed by atoms with van der Waals surface area (Å²) in [4.78, 5) is 24.0. The van der Waals surface area contributed by atoms with Crippen molar-refractivity contribution in [2.75, 3.05) is 0 Å². The second-order valence-corrected chi connectivity index (χ2v) is 4.28.